The van der Waals surface area contributed by atoms with Crippen molar-refractivity contribution in [3.8, 4) is 0 Å². The molecule has 1 aliphatic rings. The average molecular weight is 563 g/mol. The third-order valence-electron chi connectivity index (χ3n) is 6.83. The zero-order valence-corrected chi connectivity index (χ0v) is 23.7. The summed E-state index contributed by atoms with van der Waals surface area (Å²) in [7, 11) is -1.10. The summed E-state index contributed by atoms with van der Waals surface area (Å²) < 4.78 is 28.6. The highest BCUT2D eigenvalue weighted by Gasteiger charge is 2.34. The topological polar surface area (TPSA) is 48.3 Å². The molecule has 190 valence electrons. The van der Waals surface area contributed by atoms with Crippen molar-refractivity contribution in [2.75, 3.05) is 32.9 Å². The third kappa shape index (κ3) is 7.23. The Labute approximate surface area is 217 Å². The molecule has 0 amide bonds. The van der Waals surface area contributed by atoms with Crippen LogP contribution in [-0.2, 0) is 28.0 Å². The summed E-state index contributed by atoms with van der Waals surface area (Å²) in [5, 5.41) is 9.35. The van der Waals surface area contributed by atoms with Crippen LogP contribution in [0.5, 0.6) is 0 Å². The van der Waals surface area contributed by atoms with Gasteiger partial charge in [0.1, 0.15) is 12.5 Å². The molecule has 0 atom stereocenters. The quantitative estimate of drug-likeness (QED) is 0.226. The SMILES string of the molecule is C[Si](C)(C)CCOCn1cc2cc(Br)cc(CCOCC3(c4ccc(F)cc4)CCNCC3)c2n1. The van der Waals surface area contributed by atoms with Crippen LogP contribution in [0, 0.1) is 5.82 Å². The van der Waals surface area contributed by atoms with Gasteiger partial charge in [0.05, 0.1) is 18.7 Å². The smallest absolute Gasteiger partial charge is 0.139 e. The molecule has 0 saturated carbocycles. The minimum atomic E-state index is -1.10. The molecule has 5 nitrogen and oxygen atoms in total. The van der Waals surface area contributed by atoms with Gasteiger partial charge < -0.3 is 14.8 Å². The highest BCUT2D eigenvalue weighted by atomic mass is 79.9. The molecular formula is C27H37BrFN3O2Si. The zero-order valence-electron chi connectivity index (χ0n) is 21.1. The second kappa shape index (κ2) is 11.6. The van der Waals surface area contributed by atoms with Crippen molar-refractivity contribution < 1.29 is 13.9 Å². The summed E-state index contributed by atoms with van der Waals surface area (Å²) in [5.74, 6) is -0.196. The molecule has 0 bridgehead atoms. The Morgan fingerprint density at radius 2 is 1.83 bits per heavy atom. The monoisotopic (exact) mass is 561 g/mol. The van der Waals surface area contributed by atoms with E-state index in [1.165, 1.54) is 0 Å². The van der Waals surface area contributed by atoms with Gasteiger partial charge in [0, 0.05) is 36.2 Å². The standard InChI is InChI=1S/C27H37BrFN3O2Si/c1-35(2,3)15-14-34-20-32-18-22-17-24(28)16-21(26(22)31-32)8-13-33-19-27(9-11-30-12-10-27)23-4-6-25(29)7-5-23/h4-7,16-18,30H,8-15,19-20H2,1-3H3. The van der Waals surface area contributed by atoms with Crippen LogP contribution >= 0.6 is 15.9 Å². The van der Waals surface area contributed by atoms with Gasteiger partial charge in [0.2, 0.25) is 0 Å². The van der Waals surface area contributed by atoms with Crippen LogP contribution < -0.4 is 5.32 Å². The Balaban J connectivity index is 1.38. The van der Waals surface area contributed by atoms with Crippen LogP contribution in [0.4, 0.5) is 4.39 Å². The largest absolute Gasteiger partial charge is 0.380 e. The van der Waals surface area contributed by atoms with Gasteiger partial charge in [-0.2, -0.15) is 5.10 Å². The van der Waals surface area contributed by atoms with Crippen molar-refractivity contribution in [1.82, 2.24) is 15.1 Å². The first-order chi connectivity index (χ1) is 16.7. The molecule has 1 N–H and O–H groups in total. The number of hydrogen-bond donors (Lipinski definition) is 1. The van der Waals surface area contributed by atoms with E-state index in [-0.39, 0.29) is 11.2 Å². The van der Waals surface area contributed by atoms with Crippen LogP contribution in [0.2, 0.25) is 25.7 Å². The first-order valence-corrected chi connectivity index (χ1v) is 17.0. The van der Waals surface area contributed by atoms with E-state index < -0.39 is 8.07 Å². The van der Waals surface area contributed by atoms with Gasteiger partial charge in [-0.1, -0.05) is 47.7 Å². The highest BCUT2D eigenvalue weighted by molar-refractivity contribution is 9.10. The van der Waals surface area contributed by atoms with E-state index in [2.05, 4.69) is 59.2 Å². The summed E-state index contributed by atoms with van der Waals surface area (Å²) in [5.41, 5.74) is 3.26. The predicted octanol–water partition coefficient (Wildman–Crippen LogP) is 6.13. The first kappa shape index (κ1) is 26.5. The molecule has 35 heavy (non-hydrogen) atoms. The van der Waals surface area contributed by atoms with Gasteiger partial charge in [-0.3, -0.25) is 0 Å². The van der Waals surface area contributed by atoms with Crippen LogP contribution in [-0.4, -0.2) is 50.8 Å². The Kier molecular flexibility index (Phi) is 8.81. The lowest BCUT2D eigenvalue weighted by molar-refractivity contribution is 0.0690. The maximum absolute atomic E-state index is 13.5. The van der Waals surface area contributed by atoms with Crippen molar-refractivity contribution in [2.24, 2.45) is 0 Å². The van der Waals surface area contributed by atoms with E-state index in [0.717, 1.165) is 71.5 Å². The van der Waals surface area contributed by atoms with E-state index in [0.29, 0.717) is 19.9 Å². The van der Waals surface area contributed by atoms with Crippen molar-refractivity contribution in [3.63, 3.8) is 0 Å². The predicted molar refractivity (Wildman–Crippen MR) is 146 cm³/mol. The zero-order chi connectivity index (χ0) is 24.9. The third-order valence-corrected chi connectivity index (χ3v) is 8.99. The second-order valence-corrected chi connectivity index (χ2v) is 17.4. The van der Waals surface area contributed by atoms with Crippen molar-refractivity contribution in [1.29, 1.82) is 0 Å². The van der Waals surface area contributed by atoms with Gasteiger partial charge in [-0.05, 0) is 73.8 Å². The minimum Gasteiger partial charge on any atom is -0.380 e. The summed E-state index contributed by atoms with van der Waals surface area (Å²) >= 11 is 3.65. The number of halogens is 2. The molecule has 1 aromatic heterocycles. The maximum Gasteiger partial charge on any atom is 0.139 e. The van der Waals surface area contributed by atoms with Gasteiger partial charge >= 0.3 is 0 Å². The molecule has 0 aliphatic carbocycles. The number of hydrogen-bond acceptors (Lipinski definition) is 4. The fourth-order valence-electron chi connectivity index (χ4n) is 4.68. The minimum absolute atomic E-state index is 0.0691. The summed E-state index contributed by atoms with van der Waals surface area (Å²) in [6.45, 7) is 11.5. The number of aromatic nitrogens is 2. The van der Waals surface area contributed by atoms with Gasteiger partial charge in [-0.25, -0.2) is 9.07 Å². The molecule has 8 heteroatoms. The molecule has 1 fully saturated rings. The number of piperidine rings is 1. The maximum atomic E-state index is 13.5. The lowest BCUT2D eigenvalue weighted by atomic mass is 9.74. The Bertz CT molecular complexity index is 1110. The van der Waals surface area contributed by atoms with Crippen LogP contribution in [0.25, 0.3) is 10.9 Å². The molecule has 2 aromatic carbocycles. The van der Waals surface area contributed by atoms with Crippen molar-refractivity contribution in [2.45, 2.75) is 57.1 Å². The Morgan fingerprint density at radius 3 is 2.54 bits per heavy atom. The molecule has 3 aromatic rings. The number of benzene rings is 2. The van der Waals surface area contributed by atoms with E-state index in [4.69, 9.17) is 14.6 Å². The molecule has 0 unspecified atom stereocenters. The van der Waals surface area contributed by atoms with E-state index in [1.807, 2.05) is 16.8 Å². The summed E-state index contributed by atoms with van der Waals surface area (Å²) in [6, 6.07) is 12.3. The molecular weight excluding hydrogens is 525 g/mol. The highest BCUT2D eigenvalue weighted by Crippen LogP contribution is 2.34. The molecule has 0 spiro atoms. The second-order valence-electron chi connectivity index (χ2n) is 10.9. The van der Waals surface area contributed by atoms with Gasteiger partial charge in [0.15, 0.2) is 0 Å². The summed E-state index contributed by atoms with van der Waals surface area (Å²) in [4.78, 5) is 0. The normalized spacial score (nSPS) is 16.1. The van der Waals surface area contributed by atoms with Crippen molar-refractivity contribution in [3.05, 3.63) is 64.0 Å². The molecule has 4 rings (SSSR count). The lowest BCUT2D eigenvalue weighted by Crippen LogP contribution is -2.43. The Morgan fingerprint density at radius 1 is 1.09 bits per heavy atom. The number of rotatable bonds is 11. The van der Waals surface area contributed by atoms with Crippen LogP contribution in [0.3, 0.4) is 0 Å². The van der Waals surface area contributed by atoms with Crippen molar-refractivity contribution >= 4 is 34.9 Å². The van der Waals surface area contributed by atoms with Gasteiger partial charge in [0.25, 0.3) is 0 Å². The average Bonchev–Trinajstić information content (AvgIpc) is 3.23. The lowest BCUT2D eigenvalue weighted by Gasteiger charge is -2.38. The van der Waals surface area contributed by atoms with Crippen LogP contribution in [0.15, 0.2) is 47.1 Å². The van der Waals surface area contributed by atoms with Gasteiger partial charge in [-0.15, -0.1) is 0 Å². The molecule has 0 radical (unpaired) electrons. The number of ether oxygens (including phenoxy) is 2. The Hall–Kier alpha value is -1.58. The molecule has 1 aliphatic heterocycles. The fourth-order valence-corrected chi connectivity index (χ4v) is 5.96. The number of nitrogens with one attached hydrogen (secondary N) is 1. The number of fused-ring (bicyclic) bond motifs is 1. The first-order valence-electron chi connectivity index (χ1n) is 12.5. The number of nitrogens with zero attached hydrogens (tertiary/aromatic N) is 2. The fraction of sp³-hybridized carbons (Fsp3) is 0.519. The van der Waals surface area contributed by atoms with Crippen LogP contribution in [0.1, 0.15) is 24.0 Å². The van der Waals surface area contributed by atoms with E-state index in [9.17, 15) is 4.39 Å². The molecule has 2 heterocycles. The molecule has 1 saturated heterocycles. The van der Waals surface area contributed by atoms with E-state index >= 15 is 0 Å². The summed E-state index contributed by atoms with van der Waals surface area (Å²) in [6.07, 6.45) is 4.81. The van der Waals surface area contributed by atoms with E-state index in [1.54, 1.807) is 12.1 Å².